The van der Waals surface area contributed by atoms with Gasteiger partial charge in [-0.1, -0.05) is 142 Å². The minimum absolute atomic E-state index is 0. The number of unbranched alkanes of at least 4 members (excludes halogenated alkanes) is 20. The van der Waals surface area contributed by atoms with Crippen molar-refractivity contribution in [1.29, 1.82) is 0 Å². The Balaban J connectivity index is -0.000000338. The summed E-state index contributed by atoms with van der Waals surface area (Å²) in [6.07, 6.45) is 31.1. The van der Waals surface area contributed by atoms with Gasteiger partial charge in [0, 0.05) is 13.2 Å². The van der Waals surface area contributed by atoms with Crippen LogP contribution in [0.25, 0.3) is 0 Å². The molecule has 0 aliphatic heterocycles. The first-order valence-electron chi connectivity index (χ1n) is 13.7. The Hall–Kier alpha value is 4.98. The van der Waals surface area contributed by atoms with Gasteiger partial charge in [-0.15, -0.1) is 0 Å². The van der Waals surface area contributed by atoms with Crippen molar-refractivity contribution in [3.8, 4) is 0 Å². The van der Waals surface area contributed by atoms with E-state index in [4.69, 9.17) is 24.0 Å². The van der Waals surface area contributed by atoms with Crippen LogP contribution in [0, 0.1) is 0 Å². The average Bonchev–Trinajstić information content (AvgIpc) is 2.73. The normalized spacial score (nSPS) is 10.4. The van der Waals surface area contributed by atoms with E-state index in [1.807, 2.05) is 0 Å². The largest absolute Gasteiger partial charge is 1.00 e. The van der Waals surface area contributed by atoms with E-state index in [2.05, 4.69) is 13.8 Å². The van der Waals surface area contributed by atoms with Crippen LogP contribution in [0.2, 0.25) is 0 Å². The summed E-state index contributed by atoms with van der Waals surface area (Å²) in [6, 6.07) is 0. The fourth-order valence-corrected chi connectivity index (χ4v) is 3.84. The van der Waals surface area contributed by atoms with Crippen molar-refractivity contribution in [2.24, 2.45) is 0 Å². The molecule has 0 aliphatic carbocycles. The zero-order valence-corrected chi connectivity index (χ0v) is 34.7. The Morgan fingerprint density at radius 3 is 0.800 bits per heavy atom. The average molecular weight is 595 g/mol. The molecule has 0 aromatic carbocycles. The summed E-state index contributed by atoms with van der Waals surface area (Å²) >= 11 is 0. The number of hydrogen-bond acceptors (Lipinski definition) is 5. The smallest absolute Gasteiger partial charge is 0.822 e. The molecule has 0 heterocycles. The molecular formula is C26H54K3O5P. The van der Waals surface area contributed by atoms with Crippen molar-refractivity contribution in [2.45, 2.75) is 155 Å². The van der Waals surface area contributed by atoms with Gasteiger partial charge in [-0.2, -0.15) is 7.82 Å². The zero-order valence-electron chi connectivity index (χ0n) is 24.5. The van der Waals surface area contributed by atoms with Gasteiger partial charge in [0.15, 0.2) is 0 Å². The summed E-state index contributed by atoms with van der Waals surface area (Å²) in [6.45, 7) is 6.58. The molecule has 0 unspecified atom stereocenters. The number of rotatable bonds is 24. The molecule has 0 bridgehead atoms. The number of phosphoric acid groups is 1. The Morgan fingerprint density at radius 1 is 0.429 bits per heavy atom. The van der Waals surface area contributed by atoms with Gasteiger partial charge < -0.3 is 24.0 Å². The molecular weight excluding hydrogens is 541 g/mol. The van der Waals surface area contributed by atoms with E-state index in [1.165, 1.54) is 141 Å². The van der Waals surface area contributed by atoms with Crippen LogP contribution in [0.4, 0.5) is 0 Å². The number of hydrogen-bond donors (Lipinski definition) is 0. The van der Waals surface area contributed by atoms with Gasteiger partial charge in [-0.05, 0) is 12.8 Å². The van der Waals surface area contributed by atoms with Crippen LogP contribution in [0.15, 0.2) is 0 Å². The summed E-state index contributed by atoms with van der Waals surface area (Å²) in [5.74, 6) is 0. The minimum atomic E-state index is -5.39. The van der Waals surface area contributed by atoms with E-state index in [0.29, 0.717) is 0 Å². The first-order valence-corrected chi connectivity index (χ1v) is 15.2. The topological polar surface area (TPSA) is 95.5 Å². The van der Waals surface area contributed by atoms with E-state index < -0.39 is 7.82 Å². The molecule has 0 fully saturated rings. The predicted molar refractivity (Wildman–Crippen MR) is 131 cm³/mol. The Labute approximate surface area is 347 Å². The fraction of sp³-hybridized carbons (Fsp3) is 1.00. The van der Waals surface area contributed by atoms with Gasteiger partial charge in [0.1, 0.15) is 0 Å². The van der Waals surface area contributed by atoms with E-state index in [1.54, 1.807) is 0 Å². The third-order valence-electron chi connectivity index (χ3n) is 5.78. The SMILES string of the molecule is CCCCCCCCCCCCCOCCCCCCCCCCCCC.O=P([O-])([O-])[O-].[K+].[K+].[K+]. The maximum atomic E-state index is 8.55. The summed E-state index contributed by atoms with van der Waals surface area (Å²) in [5, 5.41) is 0. The van der Waals surface area contributed by atoms with Crippen LogP contribution < -0.4 is 169 Å². The molecule has 0 aromatic rings. The molecule has 0 radical (unpaired) electrons. The second-order valence-electron chi connectivity index (χ2n) is 9.13. The first-order chi connectivity index (χ1) is 15.4. The van der Waals surface area contributed by atoms with Crippen molar-refractivity contribution >= 4 is 7.82 Å². The second-order valence-corrected chi connectivity index (χ2v) is 10.0. The summed E-state index contributed by atoms with van der Waals surface area (Å²) in [5.41, 5.74) is 0. The van der Waals surface area contributed by atoms with Crippen LogP contribution in [0.1, 0.15) is 155 Å². The molecule has 0 spiro atoms. The van der Waals surface area contributed by atoms with Gasteiger partial charge in [-0.3, -0.25) is 0 Å². The molecule has 0 N–H and O–H groups in total. The molecule has 0 atom stereocenters. The van der Waals surface area contributed by atoms with Crippen LogP contribution in [-0.2, 0) is 9.30 Å². The summed E-state index contributed by atoms with van der Waals surface area (Å²) in [7, 11) is -5.39. The third-order valence-corrected chi connectivity index (χ3v) is 5.78. The monoisotopic (exact) mass is 594 g/mol. The maximum absolute atomic E-state index is 8.55. The van der Waals surface area contributed by atoms with E-state index in [-0.39, 0.29) is 154 Å². The Kier molecular flexibility index (Phi) is 61.6. The van der Waals surface area contributed by atoms with Crippen molar-refractivity contribution < 1.29 is 178 Å². The van der Waals surface area contributed by atoms with Crippen molar-refractivity contribution in [3.05, 3.63) is 0 Å². The molecule has 0 saturated heterocycles. The molecule has 0 saturated carbocycles. The predicted octanol–water partition coefficient (Wildman–Crippen LogP) is -2.19. The molecule has 0 aromatic heterocycles. The maximum Gasteiger partial charge on any atom is 1.00 e. The summed E-state index contributed by atoms with van der Waals surface area (Å²) < 4.78 is 14.3. The second kappa shape index (κ2) is 43.4. The molecule has 0 rings (SSSR count). The minimum Gasteiger partial charge on any atom is -0.822 e. The molecule has 35 heavy (non-hydrogen) atoms. The quantitative estimate of drug-likeness (QED) is 0.0719. The summed E-state index contributed by atoms with van der Waals surface area (Å²) in [4.78, 5) is 25.6. The molecule has 0 aliphatic rings. The molecule has 9 heteroatoms. The van der Waals surface area contributed by atoms with Crippen LogP contribution in [0.3, 0.4) is 0 Å². The van der Waals surface area contributed by atoms with E-state index >= 15 is 0 Å². The van der Waals surface area contributed by atoms with Crippen molar-refractivity contribution in [3.63, 3.8) is 0 Å². The van der Waals surface area contributed by atoms with Crippen molar-refractivity contribution in [1.82, 2.24) is 0 Å². The fourth-order valence-electron chi connectivity index (χ4n) is 3.84. The van der Waals surface area contributed by atoms with Crippen LogP contribution in [0.5, 0.6) is 0 Å². The van der Waals surface area contributed by atoms with Gasteiger partial charge in [-0.25, -0.2) is 0 Å². The van der Waals surface area contributed by atoms with E-state index in [9.17, 15) is 0 Å². The van der Waals surface area contributed by atoms with Crippen LogP contribution in [-0.4, -0.2) is 13.2 Å². The number of ether oxygens (including phenoxy) is 1. The molecule has 196 valence electrons. The van der Waals surface area contributed by atoms with E-state index in [0.717, 1.165) is 13.2 Å². The van der Waals surface area contributed by atoms with Gasteiger partial charge in [0.05, 0.1) is 0 Å². The van der Waals surface area contributed by atoms with Gasteiger partial charge >= 0.3 is 154 Å². The Morgan fingerprint density at radius 2 is 0.600 bits per heavy atom. The Bertz CT molecular complexity index is 356. The van der Waals surface area contributed by atoms with Crippen molar-refractivity contribution in [2.75, 3.05) is 13.2 Å². The molecule has 5 nitrogen and oxygen atoms in total. The zero-order chi connectivity index (χ0) is 24.2. The van der Waals surface area contributed by atoms with Gasteiger partial charge in [0.2, 0.25) is 0 Å². The molecule has 0 amide bonds. The van der Waals surface area contributed by atoms with Crippen LogP contribution >= 0.6 is 7.82 Å². The standard InChI is InChI=1S/C26H54O.3K.H3O4P/c1-3-5-7-9-11-13-15-17-19-21-23-25-27-26-24-22-20-18-16-14-12-10-8-6-4-2;;;;1-5(2,3)4/h3-26H2,1-2H3;;;;(H3,1,2,3,4)/q;3*+1;/p-3. The first kappa shape index (κ1) is 49.6. The third kappa shape index (κ3) is 63.5. The van der Waals surface area contributed by atoms with Gasteiger partial charge in [0.25, 0.3) is 0 Å².